The third kappa shape index (κ3) is 9.70. The molecule has 3 heterocycles. The first-order chi connectivity index (χ1) is 19.1. The van der Waals surface area contributed by atoms with E-state index in [1.807, 2.05) is 12.4 Å². The highest BCUT2D eigenvalue weighted by Gasteiger charge is 2.40. The predicted octanol–water partition coefficient (Wildman–Crippen LogP) is 1.49. The zero-order valence-electron chi connectivity index (χ0n) is 22.8. The number of piperidine rings is 2. The van der Waals surface area contributed by atoms with Gasteiger partial charge >= 0.3 is 17.9 Å². The standard InChI is InChI=1S/C21H33N5O.C6H8O7/c27-20(18-6-2-3-7-18)24-19-8-12-25(13-9-19)16-17-14-22-21(23-15-17)26-10-4-1-5-11-26;7-3(8)1-6(13,5(11)12)2-4(9)10/h14-15,18-19H,1-13,16H2,(H,24,27);13H,1-2H2,(H,7,8)(H,9,10)(H,11,12). The third-order valence-corrected chi connectivity index (χ3v) is 7.68. The van der Waals surface area contributed by atoms with Crippen molar-refractivity contribution in [2.45, 2.75) is 88.8 Å². The number of aromatic nitrogens is 2. The smallest absolute Gasteiger partial charge is 0.336 e. The van der Waals surface area contributed by atoms with Crippen LogP contribution in [0.3, 0.4) is 0 Å². The fraction of sp³-hybridized carbons (Fsp3) is 0.704. The molecule has 2 saturated heterocycles. The quantitative estimate of drug-likeness (QED) is 0.276. The zero-order valence-corrected chi connectivity index (χ0v) is 22.8. The minimum Gasteiger partial charge on any atom is -0.481 e. The van der Waals surface area contributed by atoms with Crippen LogP contribution in [-0.2, 0) is 25.7 Å². The third-order valence-electron chi connectivity index (χ3n) is 7.68. The highest BCUT2D eigenvalue weighted by atomic mass is 16.4. The molecule has 1 aliphatic carbocycles. The molecule has 1 aromatic rings. The lowest BCUT2D eigenvalue weighted by atomic mass is 9.96. The number of hydrogen-bond donors (Lipinski definition) is 5. The predicted molar refractivity (Wildman–Crippen MR) is 144 cm³/mol. The lowest BCUT2D eigenvalue weighted by Gasteiger charge is -2.33. The Morgan fingerprint density at radius 3 is 1.88 bits per heavy atom. The van der Waals surface area contributed by atoms with E-state index >= 15 is 0 Å². The van der Waals surface area contributed by atoms with E-state index in [0.717, 1.165) is 64.4 Å². The number of carboxylic acids is 3. The molecule has 0 atom stereocenters. The summed E-state index contributed by atoms with van der Waals surface area (Å²) in [5.74, 6) is -3.56. The highest BCUT2D eigenvalue weighted by molar-refractivity contribution is 5.88. The normalized spacial score (nSPS) is 19.0. The Morgan fingerprint density at radius 2 is 1.38 bits per heavy atom. The summed E-state index contributed by atoms with van der Waals surface area (Å²) in [7, 11) is 0. The summed E-state index contributed by atoms with van der Waals surface area (Å²) >= 11 is 0. The molecule has 3 aliphatic rings. The average Bonchev–Trinajstić information content (AvgIpc) is 3.46. The van der Waals surface area contributed by atoms with Crippen LogP contribution in [0.2, 0.25) is 0 Å². The van der Waals surface area contributed by atoms with Gasteiger partial charge in [0.15, 0.2) is 5.60 Å². The van der Waals surface area contributed by atoms with Gasteiger partial charge in [-0.25, -0.2) is 14.8 Å². The minimum absolute atomic E-state index is 0.276. The molecule has 0 aromatic carbocycles. The average molecular weight is 564 g/mol. The van der Waals surface area contributed by atoms with Crippen LogP contribution in [-0.4, -0.2) is 96.9 Å². The lowest BCUT2D eigenvalue weighted by molar-refractivity contribution is -0.170. The number of amides is 1. The van der Waals surface area contributed by atoms with Crippen LogP contribution >= 0.6 is 0 Å². The Bertz CT molecular complexity index is 985. The molecular formula is C27H41N5O8. The maximum Gasteiger partial charge on any atom is 0.336 e. The first-order valence-electron chi connectivity index (χ1n) is 14.0. The van der Waals surface area contributed by atoms with Gasteiger partial charge in [0.2, 0.25) is 11.9 Å². The van der Waals surface area contributed by atoms with Gasteiger partial charge in [0.1, 0.15) is 0 Å². The number of anilines is 1. The van der Waals surface area contributed by atoms with Crippen LogP contribution in [0, 0.1) is 5.92 Å². The summed E-state index contributed by atoms with van der Waals surface area (Å²) < 4.78 is 0. The molecule has 4 rings (SSSR count). The van der Waals surface area contributed by atoms with Crippen molar-refractivity contribution < 1.29 is 39.6 Å². The second kappa shape index (κ2) is 14.9. The second-order valence-electron chi connectivity index (χ2n) is 11.0. The van der Waals surface area contributed by atoms with E-state index < -0.39 is 36.4 Å². The molecule has 3 fully saturated rings. The van der Waals surface area contributed by atoms with Gasteiger partial charge in [-0.1, -0.05) is 12.8 Å². The SMILES string of the molecule is O=C(NC1CCN(Cc2cnc(N3CCCCC3)nc2)CC1)C1CCCC1.O=C(O)CC(O)(CC(=O)O)C(=O)O. The maximum atomic E-state index is 12.3. The number of nitrogens with zero attached hydrogens (tertiary/aromatic N) is 4. The van der Waals surface area contributed by atoms with Crippen LogP contribution in [0.25, 0.3) is 0 Å². The molecule has 13 heteroatoms. The summed E-state index contributed by atoms with van der Waals surface area (Å²) in [5.41, 5.74) is -1.55. The molecule has 1 saturated carbocycles. The number of aliphatic hydroxyl groups is 1. The number of hydrogen-bond acceptors (Lipinski definition) is 9. The highest BCUT2D eigenvalue weighted by Crippen LogP contribution is 2.25. The van der Waals surface area contributed by atoms with Gasteiger partial charge in [-0.3, -0.25) is 19.3 Å². The van der Waals surface area contributed by atoms with E-state index in [1.165, 1.54) is 37.7 Å². The molecule has 0 radical (unpaired) electrons. The van der Waals surface area contributed by atoms with Crippen LogP contribution < -0.4 is 10.2 Å². The monoisotopic (exact) mass is 563 g/mol. The minimum atomic E-state index is -2.74. The number of carbonyl (C=O) groups is 4. The molecule has 2 aliphatic heterocycles. The number of likely N-dealkylation sites (tertiary alicyclic amines) is 1. The summed E-state index contributed by atoms with van der Waals surface area (Å²) in [4.78, 5) is 56.7. The van der Waals surface area contributed by atoms with Crippen LogP contribution in [0.4, 0.5) is 5.95 Å². The number of nitrogens with one attached hydrogen (secondary N) is 1. The fourth-order valence-corrected chi connectivity index (χ4v) is 5.40. The van der Waals surface area contributed by atoms with Gasteiger partial charge < -0.3 is 30.6 Å². The second-order valence-corrected chi connectivity index (χ2v) is 11.0. The van der Waals surface area contributed by atoms with E-state index in [-0.39, 0.29) is 5.92 Å². The van der Waals surface area contributed by atoms with Gasteiger partial charge in [-0.2, -0.15) is 0 Å². The van der Waals surface area contributed by atoms with E-state index in [0.29, 0.717) is 11.9 Å². The summed E-state index contributed by atoms with van der Waals surface area (Å²) in [6.07, 6.45) is 12.2. The molecule has 1 aromatic heterocycles. The molecule has 0 spiro atoms. The first-order valence-corrected chi connectivity index (χ1v) is 14.0. The maximum absolute atomic E-state index is 12.3. The van der Waals surface area contributed by atoms with E-state index in [1.54, 1.807) is 0 Å². The molecule has 0 bridgehead atoms. The van der Waals surface area contributed by atoms with E-state index in [4.69, 9.17) is 20.4 Å². The van der Waals surface area contributed by atoms with Crippen molar-refractivity contribution in [3.8, 4) is 0 Å². The summed E-state index contributed by atoms with van der Waals surface area (Å²) in [6, 6.07) is 0.354. The first kappa shape index (κ1) is 31.2. The molecule has 0 unspecified atom stereocenters. The number of carbonyl (C=O) groups excluding carboxylic acids is 1. The van der Waals surface area contributed by atoms with Gasteiger partial charge in [0.25, 0.3) is 0 Å². The van der Waals surface area contributed by atoms with Gasteiger partial charge in [0, 0.05) is 62.6 Å². The Labute approximate surface area is 233 Å². The van der Waals surface area contributed by atoms with E-state index in [9.17, 15) is 19.2 Å². The topological polar surface area (TPSA) is 193 Å². The molecule has 1 amide bonds. The van der Waals surface area contributed by atoms with Crippen molar-refractivity contribution >= 4 is 29.8 Å². The lowest BCUT2D eigenvalue weighted by Crippen LogP contribution is -2.45. The molecule has 5 N–H and O–H groups in total. The molecular weight excluding hydrogens is 522 g/mol. The van der Waals surface area contributed by atoms with Gasteiger partial charge in [-0.05, 0) is 44.9 Å². The van der Waals surface area contributed by atoms with Crippen molar-refractivity contribution in [2.24, 2.45) is 5.92 Å². The Hall–Kier alpha value is -3.32. The largest absolute Gasteiger partial charge is 0.481 e. The molecule has 40 heavy (non-hydrogen) atoms. The zero-order chi connectivity index (χ0) is 29.1. The Kier molecular flexibility index (Phi) is 11.6. The van der Waals surface area contributed by atoms with Gasteiger partial charge in [0.05, 0.1) is 12.8 Å². The summed E-state index contributed by atoms with van der Waals surface area (Å²) in [5, 5.41) is 37.1. The number of aliphatic carboxylic acids is 3. The Morgan fingerprint density at radius 1 is 0.825 bits per heavy atom. The van der Waals surface area contributed by atoms with Gasteiger partial charge in [-0.15, -0.1) is 0 Å². The van der Waals surface area contributed by atoms with Crippen LogP contribution in [0.1, 0.15) is 76.2 Å². The molecule has 222 valence electrons. The van der Waals surface area contributed by atoms with Crippen molar-refractivity contribution in [3.05, 3.63) is 18.0 Å². The van der Waals surface area contributed by atoms with Crippen molar-refractivity contribution in [2.75, 3.05) is 31.1 Å². The number of carboxylic acid groups (broad SMARTS) is 3. The van der Waals surface area contributed by atoms with Crippen LogP contribution in [0.15, 0.2) is 12.4 Å². The Balaban J connectivity index is 0.000000289. The van der Waals surface area contributed by atoms with Crippen molar-refractivity contribution in [1.29, 1.82) is 0 Å². The number of rotatable bonds is 10. The molecule has 13 nitrogen and oxygen atoms in total. The van der Waals surface area contributed by atoms with Crippen LogP contribution in [0.5, 0.6) is 0 Å². The van der Waals surface area contributed by atoms with Crippen molar-refractivity contribution in [1.82, 2.24) is 20.2 Å². The summed E-state index contributed by atoms with van der Waals surface area (Å²) in [6.45, 7) is 5.13. The van der Waals surface area contributed by atoms with Crippen molar-refractivity contribution in [3.63, 3.8) is 0 Å². The fourth-order valence-electron chi connectivity index (χ4n) is 5.40. The van der Waals surface area contributed by atoms with E-state index in [2.05, 4.69) is 25.1 Å².